The molecule has 39 heavy (non-hydrogen) atoms. The molecule has 4 rings (SSSR count). The van der Waals surface area contributed by atoms with Crippen molar-refractivity contribution in [3.63, 3.8) is 0 Å². The van der Waals surface area contributed by atoms with Gasteiger partial charge in [0, 0.05) is 5.41 Å². The van der Waals surface area contributed by atoms with Crippen molar-refractivity contribution in [2.75, 3.05) is 0 Å². The third kappa shape index (κ3) is 7.53. The summed E-state index contributed by atoms with van der Waals surface area (Å²) < 4.78 is 12.3. The zero-order valence-electron chi connectivity index (χ0n) is 24.1. The molecule has 0 fully saturated rings. The molecule has 1 unspecified atom stereocenters. The second-order valence-corrected chi connectivity index (χ2v) is 11.2. The normalized spacial score (nSPS) is 12.3. The van der Waals surface area contributed by atoms with Crippen molar-refractivity contribution in [3.05, 3.63) is 131 Å². The highest BCUT2D eigenvalue weighted by Gasteiger charge is 2.38. The quantitative estimate of drug-likeness (QED) is 0.165. The van der Waals surface area contributed by atoms with Crippen LogP contribution in [0.15, 0.2) is 109 Å². The summed E-state index contributed by atoms with van der Waals surface area (Å²) >= 11 is 0. The summed E-state index contributed by atoms with van der Waals surface area (Å²) in [6.45, 7) is 10.5. The fourth-order valence-electron chi connectivity index (χ4n) is 5.59. The Morgan fingerprint density at radius 2 is 1.03 bits per heavy atom. The summed E-state index contributed by atoms with van der Waals surface area (Å²) in [6, 6.07) is 38.5. The van der Waals surface area contributed by atoms with Crippen molar-refractivity contribution < 1.29 is 9.47 Å². The van der Waals surface area contributed by atoms with Crippen LogP contribution in [0.4, 0.5) is 0 Å². The minimum Gasteiger partial charge on any atom is -0.489 e. The molecule has 0 bridgehead atoms. The molecule has 0 saturated heterocycles. The van der Waals surface area contributed by atoms with Crippen molar-refractivity contribution in [2.24, 2.45) is 11.8 Å². The molecule has 0 radical (unpaired) electrons. The highest BCUT2D eigenvalue weighted by atomic mass is 16.5. The fraction of sp³-hybridized carbons (Fsp3) is 0.351. The van der Waals surface area contributed by atoms with E-state index in [-0.39, 0.29) is 5.41 Å². The lowest BCUT2D eigenvalue weighted by Gasteiger charge is -2.41. The van der Waals surface area contributed by atoms with E-state index in [1.165, 1.54) is 35.1 Å². The standard InChI is InChI=1S/C37H44O2/c1-5-30(4)37(26-12-13-29(2)3,33-18-22-35(23-19-33)38-27-31-14-8-6-9-15-31)34-20-24-36(25-21-34)39-28-32-16-10-7-11-17-32/h6-11,14-25,29-30H,5,12-13,26-28H2,1-4H3. The highest BCUT2D eigenvalue weighted by molar-refractivity contribution is 5.44. The Balaban J connectivity index is 1.60. The van der Waals surface area contributed by atoms with E-state index in [0.29, 0.717) is 25.0 Å². The van der Waals surface area contributed by atoms with E-state index in [1.54, 1.807) is 0 Å². The maximum absolute atomic E-state index is 6.13. The SMILES string of the molecule is CCC(C)C(CCCC(C)C)(c1ccc(OCc2ccccc2)cc1)c1ccc(OCc2ccccc2)cc1. The van der Waals surface area contributed by atoms with Crippen LogP contribution in [-0.2, 0) is 18.6 Å². The fourth-order valence-corrected chi connectivity index (χ4v) is 5.59. The molecule has 4 aromatic rings. The second-order valence-electron chi connectivity index (χ2n) is 11.2. The molecule has 2 nitrogen and oxygen atoms in total. The van der Waals surface area contributed by atoms with E-state index >= 15 is 0 Å². The molecular weight excluding hydrogens is 476 g/mol. The Kier molecular flexibility index (Phi) is 10.3. The molecule has 4 aromatic carbocycles. The van der Waals surface area contributed by atoms with Crippen LogP contribution in [0.25, 0.3) is 0 Å². The van der Waals surface area contributed by atoms with E-state index in [1.807, 2.05) is 12.1 Å². The van der Waals surface area contributed by atoms with Crippen LogP contribution in [0.5, 0.6) is 11.5 Å². The van der Waals surface area contributed by atoms with Gasteiger partial charge < -0.3 is 9.47 Å². The molecule has 0 N–H and O–H groups in total. The lowest BCUT2D eigenvalue weighted by atomic mass is 9.62. The third-order valence-electron chi connectivity index (χ3n) is 8.04. The molecule has 1 atom stereocenters. The van der Waals surface area contributed by atoms with Crippen LogP contribution in [0, 0.1) is 11.8 Å². The molecule has 0 saturated carbocycles. The first-order valence-corrected chi connectivity index (χ1v) is 14.6. The Bertz CT molecular complexity index is 1140. The van der Waals surface area contributed by atoms with Gasteiger partial charge in [0.25, 0.3) is 0 Å². The van der Waals surface area contributed by atoms with Gasteiger partial charge in [-0.1, -0.05) is 132 Å². The average molecular weight is 521 g/mol. The number of benzene rings is 4. The Morgan fingerprint density at radius 1 is 0.590 bits per heavy atom. The van der Waals surface area contributed by atoms with Gasteiger partial charge in [-0.2, -0.15) is 0 Å². The highest BCUT2D eigenvalue weighted by Crippen LogP contribution is 2.46. The summed E-state index contributed by atoms with van der Waals surface area (Å²) in [5.74, 6) is 3.00. The molecule has 0 spiro atoms. The largest absolute Gasteiger partial charge is 0.489 e. The number of hydrogen-bond acceptors (Lipinski definition) is 2. The van der Waals surface area contributed by atoms with Gasteiger partial charge in [0.2, 0.25) is 0 Å². The minimum absolute atomic E-state index is 0.0699. The minimum atomic E-state index is -0.0699. The molecule has 0 amide bonds. The summed E-state index contributed by atoms with van der Waals surface area (Å²) in [5, 5.41) is 0. The van der Waals surface area contributed by atoms with Crippen LogP contribution in [0.2, 0.25) is 0 Å². The van der Waals surface area contributed by atoms with Gasteiger partial charge in [-0.25, -0.2) is 0 Å². The zero-order chi connectivity index (χ0) is 27.5. The lowest BCUT2D eigenvalue weighted by Crippen LogP contribution is -2.35. The summed E-state index contributed by atoms with van der Waals surface area (Å²) in [4.78, 5) is 0. The summed E-state index contributed by atoms with van der Waals surface area (Å²) in [6.07, 6.45) is 4.66. The van der Waals surface area contributed by atoms with E-state index in [2.05, 4.69) is 125 Å². The molecule has 0 aliphatic rings. The summed E-state index contributed by atoms with van der Waals surface area (Å²) in [7, 11) is 0. The van der Waals surface area contributed by atoms with Gasteiger partial charge in [0.1, 0.15) is 24.7 Å². The van der Waals surface area contributed by atoms with Gasteiger partial charge in [0.15, 0.2) is 0 Å². The first-order chi connectivity index (χ1) is 19.0. The van der Waals surface area contributed by atoms with Crippen LogP contribution in [0.1, 0.15) is 75.6 Å². The van der Waals surface area contributed by atoms with E-state index in [4.69, 9.17) is 9.47 Å². The molecular formula is C37H44O2. The van der Waals surface area contributed by atoms with Crippen molar-refractivity contribution in [1.82, 2.24) is 0 Å². The Hall–Kier alpha value is -3.52. The van der Waals surface area contributed by atoms with E-state index < -0.39 is 0 Å². The lowest BCUT2D eigenvalue weighted by molar-refractivity contribution is 0.292. The monoisotopic (exact) mass is 520 g/mol. The van der Waals surface area contributed by atoms with E-state index in [0.717, 1.165) is 24.3 Å². The molecule has 204 valence electrons. The molecule has 0 aliphatic carbocycles. The first-order valence-electron chi connectivity index (χ1n) is 14.6. The van der Waals surface area contributed by atoms with Gasteiger partial charge in [-0.05, 0) is 64.8 Å². The van der Waals surface area contributed by atoms with Crippen molar-refractivity contribution in [2.45, 2.75) is 72.0 Å². The topological polar surface area (TPSA) is 18.5 Å². The van der Waals surface area contributed by atoms with Crippen LogP contribution >= 0.6 is 0 Å². The van der Waals surface area contributed by atoms with Gasteiger partial charge in [0.05, 0.1) is 0 Å². The molecule has 0 aromatic heterocycles. The van der Waals surface area contributed by atoms with Crippen molar-refractivity contribution in [1.29, 1.82) is 0 Å². The van der Waals surface area contributed by atoms with Crippen molar-refractivity contribution >= 4 is 0 Å². The molecule has 2 heteroatoms. The van der Waals surface area contributed by atoms with Gasteiger partial charge in [-0.15, -0.1) is 0 Å². The van der Waals surface area contributed by atoms with Crippen molar-refractivity contribution in [3.8, 4) is 11.5 Å². The van der Waals surface area contributed by atoms with Crippen LogP contribution in [0.3, 0.4) is 0 Å². The first kappa shape index (κ1) is 28.5. The molecule has 0 heterocycles. The van der Waals surface area contributed by atoms with E-state index in [9.17, 15) is 0 Å². The maximum Gasteiger partial charge on any atom is 0.119 e. The maximum atomic E-state index is 6.13. The Morgan fingerprint density at radius 3 is 1.41 bits per heavy atom. The Labute approximate surface area is 236 Å². The number of hydrogen-bond donors (Lipinski definition) is 0. The summed E-state index contributed by atoms with van der Waals surface area (Å²) in [5.41, 5.74) is 5.02. The van der Waals surface area contributed by atoms with Crippen LogP contribution in [-0.4, -0.2) is 0 Å². The number of rotatable bonds is 14. The predicted molar refractivity (Wildman–Crippen MR) is 163 cm³/mol. The second kappa shape index (κ2) is 14.0. The average Bonchev–Trinajstić information content (AvgIpc) is 2.98. The number of ether oxygens (including phenoxy) is 2. The smallest absolute Gasteiger partial charge is 0.119 e. The van der Waals surface area contributed by atoms with Gasteiger partial charge >= 0.3 is 0 Å². The third-order valence-corrected chi connectivity index (χ3v) is 8.04. The van der Waals surface area contributed by atoms with Crippen LogP contribution < -0.4 is 9.47 Å². The predicted octanol–water partition coefficient (Wildman–Crippen LogP) is 10.0. The zero-order valence-corrected chi connectivity index (χ0v) is 24.1. The molecule has 0 aliphatic heterocycles. The van der Waals surface area contributed by atoms with Gasteiger partial charge in [-0.3, -0.25) is 0 Å².